The molecule has 0 bridgehead atoms. The van der Waals surface area contributed by atoms with Gasteiger partial charge in [-0.15, -0.1) is 0 Å². The van der Waals surface area contributed by atoms with Crippen molar-refractivity contribution in [3.8, 4) is 11.5 Å². The molecule has 1 aliphatic carbocycles. The number of ketones is 2. The number of carbonyl (C=O) groups is 4. The van der Waals surface area contributed by atoms with Gasteiger partial charge < -0.3 is 24.6 Å². The lowest BCUT2D eigenvalue weighted by molar-refractivity contribution is -0.147. The van der Waals surface area contributed by atoms with Gasteiger partial charge in [0.15, 0.2) is 11.5 Å². The molecule has 3 aromatic rings. The number of halogens is 1. The first-order valence-corrected chi connectivity index (χ1v) is 11.7. The van der Waals surface area contributed by atoms with Crippen LogP contribution in [0.1, 0.15) is 32.4 Å². The van der Waals surface area contributed by atoms with Gasteiger partial charge >= 0.3 is 5.97 Å². The van der Waals surface area contributed by atoms with Crippen LogP contribution in [0.25, 0.3) is 0 Å². The molecule has 37 heavy (non-hydrogen) atoms. The number of fused-ring (bicyclic) bond motifs is 2. The van der Waals surface area contributed by atoms with Crippen LogP contribution in [0.5, 0.6) is 11.5 Å². The van der Waals surface area contributed by atoms with Crippen molar-refractivity contribution in [3.05, 3.63) is 88.4 Å². The highest BCUT2D eigenvalue weighted by Crippen LogP contribution is 2.55. The van der Waals surface area contributed by atoms with Gasteiger partial charge in [-0.05, 0) is 18.2 Å². The first-order valence-electron chi connectivity index (χ1n) is 11.4. The van der Waals surface area contributed by atoms with Crippen LogP contribution >= 0.6 is 11.6 Å². The number of hydrogen-bond donors (Lipinski definition) is 2. The second kappa shape index (κ2) is 8.43. The van der Waals surface area contributed by atoms with Crippen molar-refractivity contribution in [1.29, 1.82) is 0 Å². The average Bonchev–Trinajstić information content (AvgIpc) is 3.56. The monoisotopic (exact) mass is 519 g/mol. The maximum atomic E-state index is 13.8. The SMILES string of the molecule is O=C(Nc1ccc2c(c1)OCO2)[C@H]1[C@@H](c2ccccc2Cl)OC2(C(=O)c3ccccc3C2=O)[C@H]1C(=O)O. The molecular weight excluding hydrogens is 502 g/mol. The molecule has 1 spiro atoms. The standard InChI is InChI=1S/C27H18ClNO8/c28-17-8-4-3-7-16(17)22-20(25(32)29-13-9-10-18-19(11-13)36-12-35-18)21(26(33)34)27(37-22)23(30)14-5-1-2-6-15(14)24(27)31/h1-11,20-22H,12H2,(H,29,32)(H,33,34)/t20-,21-,22-/m1/s1. The molecule has 2 heterocycles. The normalized spacial score (nSPS) is 22.8. The van der Waals surface area contributed by atoms with Crippen LogP contribution in [-0.2, 0) is 14.3 Å². The highest BCUT2D eigenvalue weighted by molar-refractivity contribution is 6.34. The molecule has 2 N–H and O–H groups in total. The zero-order valence-corrected chi connectivity index (χ0v) is 19.7. The number of carboxylic acid groups (broad SMARTS) is 1. The van der Waals surface area contributed by atoms with Crippen LogP contribution < -0.4 is 14.8 Å². The van der Waals surface area contributed by atoms with Crippen LogP contribution in [0.15, 0.2) is 66.7 Å². The van der Waals surface area contributed by atoms with Gasteiger partial charge in [0, 0.05) is 33.5 Å². The van der Waals surface area contributed by atoms with Crippen LogP contribution in [0, 0.1) is 11.8 Å². The Bertz CT molecular complexity index is 1470. The van der Waals surface area contributed by atoms with E-state index in [-0.39, 0.29) is 28.5 Å². The molecule has 1 saturated heterocycles. The van der Waals surface area contributed by atoms with Gasteiger partial charge in [0.25, 0.3) is 0 Å². The second-order valence-electron chi connectivity index (χ2n) is 8.90. The van der Waals surface area contributed by atoms with Gasteiger partial charge in [0.2, 0.25) is 29.9 Å². The fourth-order valence-electron chi connectivity index (χ4n) is 5.33. The van der Waals surface area contributed by atoms with Crippen LogP contribution in [0.3, 0.4) is 0 Å². The Balaban J connectivity index is 1.47. The number of carbonyl (C=O) groups excluding carboxylic acids is 3. The average molecular weight is 520 g/mol. The summed E-state index contributed by atoms with van der Waals surface area (Å²) in [4.78, 5) is 53.8. The molecule has 1 fully saturated rings. The minimum atomic E-state index is -2.42. The summed E-state index contributed by atoms with van der Waals surface area (Å²) >= 11 is 6.42. The smallest absolute Gasteiger partial charge is 0.311 e. The summed E-state index contributed by atoms with van der Waals surface area (Å²) in [6, 6.07) is 17.2. The lowest BCUT2D eigenvalue weighted by atomic mass is 9.75. The molecule has 2 aliphatic heterocycles. The molecule has 6 rings (SSSR count). The van der Waals surface area contributed by atoms with E-state index < -0.39 is 47.0 Å². The number of hydrogen-bond acceptors (Lipinski definition) is 7. The molecule has 0 saturated carbocycles. The number of Topliss-reactive ketones (excluding diaryl/α,β-unsaturated/α-hetero) is 2. The van der Waals surface area contributed by atoms with E-state index in [9.17, 15) is 24.3 Å². The van der Waals surface area contributed by atoms with Gasteiger partial charge in [-0.2, -0.15) is 0 Å². The van der Waals surface area contributed by atoms with Crippen LogP contribution in [0.2, 0.25) is 5.02 Å². The van der Waals surface area contributed by atoms with E-state index >= 15 is 0 Å². The van der Waals surface area contributed by atoms with Crippen LogP contribution in [-0.4, -0.2) is 40.9 Å². The molecule has 0 unspecified atom stereocenters. The van der Waals surface area contributed by atoms with E-state index in [4.69, 9.17) is 25.8 Å². The Hall–Kier alpha value is -4.21. The predicted molar refractivity (Wildman–Crippen MR) is 129 cm³/mol. The van der Waals surface area contributed by atoms with E-state index in [1.165, 1.54) is 18.2 Å². The summed E-state index contributed by atoms with van der Waals surface area (Å²) < 4.78 is 16.8. The predicted octanol–water partition coefficient (Wildman–Crippen LogP) is 3.91. The highest BCUT2D eigenvalue weighted by Gasteiger charge is 2.71. The van der Waals surface area contributed by atoms with Gasteiger partial charge in [-0.25, -0.2) is 0 Å². The fourth-order valence-corrected chi connectivity index (χ4v) is 5.57. The summed E-state index contributed by atoms with van der Waals surface area (Å²) in [7, 11) is 0. The molecule has 3 aromatic carbocycles. The fraction of sp³-hybridized carbons (Fsp3) is 0.185. The zero-order chi connectivity index (χ0) is 25.9. The zero-order valence-electron chi connectivity index (χ0n) is 19.0. The van der Waals surface area contributed by atoms with E-state index in [0.717, 1.165) is 0 Å². The summed E-state index contributed by atoms with van der Waals surface area (Å²) in [6.45, 7) is 0.0339. The molecule has 186 valence electrons. The van der Waals surface area contributed by atoms with Gasteiger partial charge in [0.1, 0.15) is 5.92 Å². The van der Waals surface area contributed by atoms with Crippen molar-refractivity contribution in [1.82, 2.24) is 0 Å². The number of benzene rings is 3. The number of carboxylic acids is 1. The number of rotatable bonds is 4. The van der Waals surface area contributed by atoms with Gasteiger partial charge in [-0.3, -0.25) is 19.2 Å². The Kier molecular flexibility index (Phi) is 5.29. The Morgan fingerprint density at radius 2 is 1.57 bits per heavy atom. The number of nitrogens with one attached hydrogen (secondary N) is 1. The van der Waals surface area contributed by atoms with E-state index in [1.807, 2.05) is 0 Å². The minimum Gasteiger partial charge on any atom is -0.481 e. The van der Waals surface area contributed by atoms with Crippen molar-refractivity contribution in [3.63, 3.8) is 0 Å². The summed E-state index contributed by atoms with van der Waals surface area (Å²) in [5, 5.41) is 13.3. The van der Waals surface area contributed by atoms with Crippen molar-refractivity contribution in [2.75, 3.05) is 12.1 Å². The molecule has 0 aromatic heterocycles. The Morgan fingerprint density at radius 1 is 0.919 bits per heavy atom. The Labute approximate surface area is 214 Å². The number of amides is 1. The third-order valence-corrected chi connectivity index (χ3v) is 7.29. The maximum Gasteiger partial charge on any atom is 0.311 e. The van der Waals surface area contributed by atoms with E-state index in [1.54, 1.807) is 48.5 Å². The molecule has 1 amide bonds. The van der Waals surface area contributed by atoms with E-state index in [2.05, 4.69) is 5.32 Å². The van der Waals surface area contributed by atoms with E-state index in [0.29, 0.717) is 17.2 Å². The van der Waals surface area contributed by atoms with Crippen molar-refractivity contribution in [2.45, 2.75) is 11.7 Å². The molecule has 9 nitrogen and oxygen atoms in total. The third kappa shape index (κ3) is 3.35. The van der Waals surface area contributed by atoms with Crippen LogP contribution in [0.4, 0.5) is 5.69 Å². The molecule has 0 radical (unpaired) electrons. The maximum absolute atomic E-state index is 13.8. The molecule has 3 atom stereocenters. The molecule has 3 aliphatic rings. The quantitative estimate of drug-likeness (QED) is 0.496. The molecule has 10 heteroatoms. The highest BCUT2D eigenvalue weighted by atomic mass is 35.5. The summed E-state index contributed by atoms with van der Waals surface area (Å²) in [5.41, 5.74) is -1.72. The lowest BCUT2D eigenvalue weighted by Crippen LogP contribution is -2.52. The largest absolute Gasteiger partial charge is 0.481 e. The van der Waals surface area contributed by atoms with Crippen molar-refractivity contribution >= 4 is 40.7 Å². The van der Waals surface area contributed by atoms with Crippen molar-refractivity contribution in [2.24, 2.45) is 11.8 Å². The minimum absolute atomic E-state index is 0.0339. The number of anilines is 1. The Morgan fingerprint density at radius 3 is 2.24 bits per heavy atom. The van der Waals surface area contributed by atoms with Crippen molar-refractivity contribution < 1.29 is 38.5 Å². The second-order valence-corrected chi connectivity index (χ2v) is 9.31. The first-order chi connectivity index (χ1) is 17.8. The summed E-state index contributed by atoms with van der Waals surface area (Å²) in [5.74, 6) is -6.27. The lowest BCUT2D eigenvalue weighted by Gasteiger charge is -2.25. The van der Waals surface area contributed by atoms with Gasteiger partial charge in [0.05, 0.1) is 12.0 Å². The first kappa shape index (κ1) is 23.2. The molecular formula is C27H18ClNO8. The number of ether oxygens (including phenoxy) is 3. The summed E-state index contributed by atoms with van der Waals surface area (Å²) in [6.07, 6.45) is -1.30. The third-order valence-electron chi connectivity index (χ3n) is 6.95. The van der Waals surface area contributed by atoms with Gasteiger partial charge in [-0.1, -0.05) is 54.1 Å². The number of aliphatic carboxylic acids is 1. The topological polar surface area (TPSA) is 128 Å².